The van der Waals surface area contributed by atoms with Gasteiger partial charge in [0.15, 0.2) is 0 Å². The van der Waals surface area contributed by atoms with E-state index < -0.39 is 17.9 Å². The molecule has 1 aromatic heterocycles. The van der Waals surface area contributed by atoms with Crippen LogP contribution in [0.4, 0.5) is 13.6 Å². The first-order chi connectivity index (χ1) is 9.44. The predicted molar refractivity (Wildman–Crippen MR) is 69.2 cm³/mol. The number of amides is 1. The number of nitrogens with zero attached hydrogens (tertiary/aromatic N) is 2. The zero-order valence-corrected chi connectivity index (χ0v) is 11.7. The molecule has 2 rings (SSSR count). The van der Waals surface area contributed by atoms with Gasteiger partial charge in [-0.15, -0.1) is 0 Å². The molecule has 7 heteroatoms. The maximum atomic E-state index is 13.4. The van der Waals surface area contributed by atoms with Crippen LogP contribution in [-0.4, -0.2) is 35.2 Å². The van der Waals surface area contributed by atoms with Crippen LogP contribution in [0.2, 0.25) is 0 Å². The number of hydrogen-bond acceptors (Lipinski definition) is 3. The number of rotatable bonds is 4. The molecule has 0 radical (unpaired) electrons. The van der Waals surface area contributed by atoms with Gasteiger partial charge in [0, 0.05) is 25.1 Å². The first kappa shape index (κ1) is 14.7. The average Bonchev–Trinajstić information content (AvgIpc) is 2.92. The lowest BCUT2D eigenvalue weighted by Gasteiger charge is -2.18. The topological polar surface area (TPSA) is 56.2 Å². The highest BCUT2D eigenvalue weighted by atomic mass is 19.3. The highest BCUT2D eigenvalue weighted by molar-refractivity contribution is 5.78. The second-order valence-corrected chi connectivity index (χ2v) is 5.11. The van der Waals surface area contributed by atoms with Crippen molar-refractivity contribution in [2.75, 3.05) is 13.7 Å². The van der Waals surface area contributed by atoms with Crippen LogP contribution >= 0.6 is 0 Å². The van der Waals surface area contributed by atoms with E-state index in [0.717, 1.165) is 0 Å². The van der Waals surface area contributed by atoms with Crippen molar-refractivity contribution >= 4 is 6.03 Å². The fourth-order valence-electron chi connectivity index (χ4n) is 2.56. The third-order valence-electron chi connectivity index (χ3n) is 3.62. The Balaban J connectivity index is 1.86. The first-order valence-corrected chi connectivity index (χ1v) is 6.70. The minimum Gasteiger partial charge on any atom is -0.468 e. The quantitative estimate of drug-likeness (QED) is 0.926. The summed E-state index contributed by atoms with van der Waals surface area (Å²) in [5.41, 5.74) is 0.652. The highest BCUT2D eigenvalue weighted by Gasteiger charge is 2.43. The van der Waals surface area contributed by atoms with Gasteiger partial charge in [0.05, 0.1) is 12.8 Å². The molecule has 1 amide bonds. The van der Waals surface area contributed by atoms with Crippen LogP contribution in [0.3, 0.4) is 0 Å². The van der Waals surface area contributed by atoms with Crippen molar-refractivity contribution in [3.05, 3.63) is 11.9 Å². The molecule has 0 saturated heterocycles. The van der Waals surface area contributed by atoms with E-state index in [1.807, 2.05) is 0 Å². The Kier molecular flexibility index (Phi) is 4.25. The summed E-state index contributed by atoms with van der Waals surface area (Å²) in [7, 11) is 1.42. The van der Waals surface area contributed by atoms with Crippen LogP contribution in [-0.2, 0) is 0 Å². The molecular formula is C13H19F2N3O2. The molecule has 1 fully saturated rings. The number of hydrogen-bond donors (Lipinski definition) is 1. The molecule has 1 heterocycles. The number of halogens is 2. The van der Waals surface area contributed by atoms with Gasteiger partial charge in [0.25, 0.3) is 5.92 Å². The zero-order valence-electron chi connectivity index (χ0n) is 11.7. The van der Waals surface area contributed by atoms with Gasteiger partial charge in [-0.2, -0.15) is 0 Å². The summed E-state index contributed by atoms with van der Waals surface area (Å²) >= 11 is 0. The second-order valence-electron chi connectivity index (χ2n) is 5.11. The molecular weight excluding hydrogens is 268 g/mol. The van der Waals surface area contributed by atoms with Crippen LogP contribution in [0.15, 0.2) is 6.20 Å². The molecule has 1 aliphatic carbocycles. The molecule has 1 N–H and O–H groups in total. The Bertz CT molecular complexity index is 488. The predicted octanol–water partition coefficient (Wildman–Crippen LogP) is 2.58. The molecule has 1 unspecified atom stereocenters. The van der Waals surface area contributed by atoms with Crippen molar-refractivity contribution in [1.29, 1.82) is 0 Å². The summed E-state index contributed by atoms with van der Waals surface area (Å²) in [5, 5.41) is 2.62. The van der Waals surface area contributed by atoms with Crippen molar-refractivity contribution in [3.63, 3.8) is 0 Å². The number of methoxy groups -OCH3 is 1. The standard InChI is InChI=1S/C13H19F2N3O2/c1-9-8-18(12(17-9)20-2)11(19)16-7-5-10-4-3-6-13(10,14)15/h8,10H,3-7H2,1-2H3,(H,16,19). The van der Waals surface area contributed by atoms with Crippen molar-refractivity contribution in [3.8, 4) is 6.01 Å². The summed E-state index contributed by atoms with van der Waals surface area (Å²) in [4.78, 5) is 15.9. The van der Waals surface area contributed by atoms with Crippen LogP contribution in [0, 0.1) is 12.8 Å². The highest BCUT2D eigenvalue weighted by Crippen LogP contribution is 2.41. The van der Waals surface area contributed by atoms with Crippen LogP contribution < -0.4 is 10.1 Å². The summed E-state index contributed by atoms with van der Waals surface area (Å²) in [6.45, 7) is 1.96. The van der Waals surface area contributed by atoms with E-state index in [0.29, 0.717) is 18.5 Å². The van der Waals surface area contributed by atoms with Crippen LogP contribution in [0.25, 0.3) is 0 Å². The molecule has 5 nitrogen and oxygen atoms in total. The Hall–Kier alpha value is -1.66. The lowest BCUT2D eigenvalue weighted by molar-refractivity contribution is -0.0389. The molecule has 20 heavy (non-hydrogen) atoms. The van der Waals surface area contributed by atoms with E-state index in [1.165, 1.54) is 11.7 Å². The molecule has 0 aromatic carbocycles. The fourth-order valence-corrected chi connectivity index (χ4v) is 2.56. The van der Waals surface area contributed by atoms with Gasteiger partial charge in [0.1, 0.15) is 0 Å². The first-order valence-electron chi connectivity index (χ1n) is 6.70. The summed E-state index contributed by atoms with van der Waals surface area (Å²) in [6.07, 6.45) is 2.86. The molecule has 1 aromatic rings. The Morgan fingerprint density at radius 2 is 2.40 bits per heavy atom. The van der Waals surface area contributed by atoms with Gasteiger partial charge in [-0.05, 0) is 26.2 Å². The molecule has 0 bridgehead atoms. The van der Waals surface area contributed by atoms with Crippen molar-refractivity contribution < 1.29 is 18.3 Å². The number of nitrogens with one attached hydrogen (secondary N) is 1. The SMILES string of the molecule is COc1nc(C)cn1C(=O)NCCC1CCCC1(F)F. The van der Waals surface area contributed by atoms with E-state index in [9.17, 15) is 13.6 Å². The molecule has 1 atom stereocenters. The number of carbonyl (C=O) groups is 1. The van der Waals surface area contributed by atoms with Crippen molar-refractivity contribution in [2.24, 2.45) is 5.92 Å². The number of imidazole rings is 1. The monoisotopic (exact) mass is 287 g/mol. The lowest BCUT2D eigenvalue weighted by atomic mass is 10.0. The fraction of sp³-hybridized carbons (Fsp3) is 0.692. The summed E-state index contributed by atoms with van der Waals surface area (Å²) in [6, 6.07) is -0.227. The molecule has 0 spiro atoms. The molecule has 0 aliphatic heterocycles. The number of carbonyl (C=O) groups excluding carboxylic acids is 1. The number of aryl methyl sites for hydroxylation is 1. The normalized spacial score (nSPS) is 20.9. The molecule has 1 saturated carbocycles. The largest absolute Gasteiger partial charge is 0.468 e. The minimum absolute atomic E-state index is 0.0415. The third kappa shape index (κ3) is 3.08. The van der Waals surface area contributed by atoms with E-state index in [4.69, 9.17) is 4.74 Å². The van der Waals surface area contributed by atoms with E-state index >= 15 is 0 Å². The minimum atomic E-state index is -2.59. The second kappa shape index (κ2) is 5.76. The van der Waals surface area contributed by atoms with Crippen LogP contribution in [0.1, 0.15) is 31.4 Å². The Morgan fingerprint density at radius 3 is 3.00 bits per heavy atom. The Morgan fingerprint density at radius 1 is 1.65 bits per heavy atom. The van der Waals surface area contributed by atoms with Crippen LogP contribution in [0.5, 0.6) is 6.01 Å². The van der Waals surface area contributed by atoms with E-state index in [1.54, 1.807) is 13.1 Å². The van der Waals surface area contributed by atoms with Gasteiger partial charge < -0.3 is 10.1 Å². The Labute approximate surface area is 116 Å². The van der Waals surface area contributed by atoms with Crippen molar-refractivity contribution in [1.82, 2.24) is 14.9 Å². The number of aromatic nitrogens is 2. The van der Waals surface area contributed by atoms with Gasteiger partial charge in [0.2, 0.25) is 0 Å². The van der Waals surface area contributed by atoms with Gasteiger partial charge in [-0.3, -0.25) is 0 Å². The lowest BCUT2D eigenvalue weighted by Crippen LogP contribution is -2.32. The van der Waals surface area contributed by atoms with Gasteiger partial charge >= 0.3 is 12.0 Å². The smallest absolute Gasteiger partial charge is 0.329 e. The van der Waals surface area contributed by atoms with Gasteiger partial charge in [-0.25, -0.2) is 23.1 Å². The van der Waals surface area contributed by atoms with E-state index in [-0.39, 0.29) is 25.4 Å². The molecule has 1 aliphatic rings. The van der Waals surface area contributed by atoms with Crippen molar-refractivity contribution in [2.45, 2.75) is 38.5 Å². The maximum absolute atomic E-state index is 13.4. The number of alkyl halides is 2. The summed E-state index contributed by atoms with van der Waals surface area (Å²) < 4.78 is 33.1. The number of ether oxygens (including phenoxy) is 1. The van der Waals surface area contributed by atoms with Gasteiger partial charge in [-0.1, -0.05) is 0 Å². The maximum Gasteiger partial charge on any atom is 0.329 e. The third-order valence-corrected chi connectivity index (χ3v) is 3.62. The zero-order chi connectivity index (χ0) is 14.8. The van der Waals surface area contributed by atoms with E-state index in [2.05, 4.69) is 10.3 Å². The average molecular weight is 287 g/mol. The molecule has 112 valence electrons. The summed E-state index contributed by atoms with van der Waals surface area (Å²) in [5.74, 6) is -3.22.